The van der Waals surface area contributed by atoms with Crippen LogP contribution in [0.1, 0.15) is 11.1 Å². The van der Waals surface area contributed by atoms with Crippen molar-refractivity contribution in [3.8, 4) is 6.07 Å². The quantitative estimate of drug-likeness (QED) is 0.557. The lowest BCUT2D eigenvalue weighted by Gasteiger charge is -1.97. The highest BCUT2D eigenvalue weighted by atomic mass is 19.2. The minimum absolute atomic E-state index is 0.0403. The summed E-state index contributed by atoms with van der Waals surface area (Å²) in [5.41, 5.74) is -0.337. The van der Waals surface area contributed by atoms with E-state index in [1.165, 1.54) is 18.2 Å². The zero-order chi connectivity index (χ0) is 8.43. The van der Waals surface area contributed by atoms with E-state index in [2.05, 4.69) is 6.92 Å². The minimum atomic E-state index is -1.12. The highest BCUT2D eigenvalue weighted by Gasteiger charge is 2.09. The third-order valence-electron chi connectivity index (χ3n) is 1.28. The van der Waals surface area contributed by atoms with Crippen molar-refractivity contribution in [3.63, 3.8) is 0 Å². The fourth-order valence-electron chi connectivity index (χ4n) is 0.676. The lowest BCUT2D eigenvalue weighted by Crippen LogP contribution is -1.92. The van der Waals surface area contributed by atoms with Gasteiger partial charge in [-0.25, -0.2) is 8.78 Å². The molecule has 1 rings (SSSR count). The number of rotatable bonds is 0. The van der Waals surface area contributed by atoms with Crippen LogP contribution >= 0.6 is 0 Å². The van der Waals surface area contributed by atoms with Gasteiger partial charge < -0.3 is 0 Å². The van der Waals surface area contributed by atoms with E-state index in [4.69, 9.17) is 5.26 Å². The molecule has 0 heterocycles. The van der Waals surface area contributed by atoms with E-state index in [0.717, 1.165) is 0 Å². The maximum Gasteiger partial charge on any atom is 0.176 e. The van der Waals surface area contributed by atoms with Crippen molar-refractivity contribution in [2.24, 2.45) is 0 Å². The summed E-state index contributed by atoms with van der Waals surface area (Å²) in [6, 6.07) is 3.98. The van der Waals surface area contributed by atoms with Gasteiger partial charge in [0.25, 0.3) is 0 Å². The first-order chi connectivity index (χ1) is 5.16. The number of hydrogen-bond donors (Lipinski definition) is 0. The number of hydrogen-bond acceptors (Lipinski definition) is 1. The predicted molar refractivity (Wildman–Crippen MR) is 35.5 cm³/mol. The molecule has 55 valence electrons. The first-order valence-electron chi connectivity index (χ1n) is 2.87. The number of nitriles is 1. The van der Waals surface area contributed by atoms with Crippen LogP contribution in [0.4, 0.5) is 8.78 Å². The Morgan fingerprint density at radius 3 is 2.45 bits per heavy atom. The lowest BCUT2D eigenvalue weighted by atomic mass is 10.1. The van der Waals surface area contributed by atoms with E-state index in [9.17, 15) is 8.78 Å². The van der Waals surface area contributed by atoms with Crippen molar-refractivity contribution in [2.75, 3.05) is 0 Å². The Morgan fingerprint density at radius 1 is 1.27 bits per heavy atom. The summed E-state index contributed by atoms with van der Waals surface area (Å²) in [6.07, 6.45) is 0. The molecular weight excluding hydrogens is 148 g/mol. The molecule has 11 heavy (non-hydrogen) atoms. The van der Waals surface area contributed by atoms with Crippen LogP contribution in [0, 0.1) is 29.9 Å². The maximum atomic E-state index is 12.6. The molecule has 1 nitrogen and oxygen atoms in total. The Labute approximate surface area is 62.9 Å². The van der Waals surface area contributed by atoms with Crippen molar-refractivity contribution in [2.45, 2.75) is 0 Å². The summed E-state index contributed by atoms with van der Waals surface area (Å²) < 4.78 is 25.2. The number of benzene rings is 1. The van der Waals surface area contributed by atoms with Crippen LogP contribution in [-0.2, 0) is 0 Å². The summed E-state index contributed by atoms with van der Waals surface area (Å²) in [6.45, 7) is 3.23. The molecule has 0 aromatic heterocycles. The fraction of sp³-hybridized carbons (Fsp3) is 0. The van der Waals surface area contributed by atoms with Gasteiger partial charge >= 0.3 is 0 Å². The SMILES string of the molecule is [CH2]c1ccc(C#N)c(F)c1F. The molecule has 3 heteroatoms. The van der Waals surface area contributed by atoms with Gasteiger partial charge in [-0.1, -0.05) is 6.07 Å². The highest BCUT2D eigenvalue weighted by molar-refractivity contribution is 5.35. The van der Waals surface area contributed by atoms with E-state index < -0.39 is 11.6 Å². The van der Waals surface area contributed by atoms with Crippen LogP contribution in [0.2, 0.25) is 0 Å². The van der Waals surface area contributed by atoms with E-state index >= 15 is 0 Å². The van der Waals surface area contributed by atoms with Crippen LogP contribution < -0.4 is 0 Å². The molecule has 1 radical (unpaired) electrons. The summed E-state index contributed by atoms with van der Waals surface area (Å²) in [4.78, 5) is 0. The van der Waals surface area contributed by atoms with Crippen LogP contribution in [0.15, 0.2) is 12.1 Å². The average molecular weight is 152 g/mol. The molecule has 0 saturated carbocycles. The molecule has 0 unspecified atom stereocenters. The van der Waals surface area contributed by atoms with Crippen LogP contribution in [0.3, 0.4) is 0 Å². The smallest absolute Gasteiger partial charge is 0.176 e. The van der Waals surface area contributed by atoms with Gasteiger partial charge in [-0.15, -0.1) is 0 Å². The molecule has 0 aliphatic rings. The molecular formula is C8H4F2N. The monoisotopic (exact) mass is 152 g/mol. The molecule has 0 spiro atoms. The summed E-state index contributed by atoms with van der Waals surface area (Å²) in [5.74, 6) is -2.18. The molecule has 0 aliphatic carbocycles. The molecule has 1 aromatic carbocycles. The van der Waals surface area contributed by atoms with E-state index in [1.54, 1.807) is 0 Å². The molecule has 0 N–H and O–H groups in total. The van der Waals surface area contributed by atoms with Crippen LogP contribution in [-0.4, -0.2) is 0 Å². The predicted octanol–water partition coefficient (Wildman–Crippen LogP) is 2.02. The first kappa shape index (κ1) is 7.67. The molecule has 0 atom stereocenters. The molecule has 0 saturated heterocycles. The molecule has 0 fully saturated rings. The molecule has 1 aromatic rings. The largest absolute Gasteiger partial charge is 0.203 e. The Hall–Kier alpha value is -1.43. The second kappa shape index (κ2) is 2.67. The van der Waals surface area contributed by atoms with Crippen molar-refractivity contribution >= 4 is 0 Å². The fourth-order valence-corrected chi connectivity index (χ4v) is 0.676. The van der Waals surface area contributed by atoms with Gasteiger partial charge in [0, 0.05) is 0 Å². The number of nitrogens with zero attached hydrogens (tertiary/aromatic N) is 1. The third kappa shape index (κ3) is 1.20. The average Bonchev–Trinajstić information content (AvgIpc) is 2.01. The van der Waals surface area contributed by atoms with Crippen molar-refractivity contribution in [1.29, 1.82) is 5.26 Å². The Kier molecular flexibility index (Phi) is 1.86. The maximum absolute atomic E-state index is 12.6. The van der Waals surface area contributed by atoms with Gasteiger partial charge in [-0.2, -0.15) is 5.26 Å². The van der Waals surface area contributed by atoms with Crippen LogP contribution in [0.25, 0.3) is 0 Å². The zero-order valence-corrected chi connectivity index (χ0v) is 5.56. The minimum Gasteiger partial charge on any atom is -0.203 e. The first-order valence-corrected chi connectivity index (χ1v) is 2.87. The molecule has 0 aliphatic heterocycles. The van der Waals surface area contributed by atoms with Crippen molar-refractivity contribution in [3.05, 3.63) is 41.8 Å². The van der Waals surface area contributed by atoms with E-state index in [-0.39, 0.29) is 11.1 Å². The van der Waals surface area contributed by atoms with Gasteiger partial charge in [0.05, 0.1) is 5.56 Å². The van der Waals surface area contributed by atoms with Gasteiger partial charge in [0.2, 0.25) is 0 Å². The van der Waals surface area contributed by atoms with Gasteiger partial charge in [0.15, 0.2) is 11.6 Å². The summed E-state index contributed by atoms with van der Waals surface area (Å²) in [5, 5.41) is 8.26. The number of halogens is 2. The van der Waals surface area contributed by atoms with Crippen LogP contribution in [0.5, 0.6) is 0 Å². The Balaban J connectivity index is 3.40. The second-order valence-corrected chi connectivity index (χ2v) is 2.01. The van der Waals surface area contributed by atoms with E-state index in [0.29, 0.717) is 0 Å². The van der Waals surface area contributed by atoms with Crippen molar-refractivity contribution < 1.29 is 8.78 Å². The zero-order valence-electron chi connectivity index (χ0n) is 5.56. The third-order valence-corrected chi connectivity index (χ3v) is 1.28. The van der Waals surface area contributed by atoms with E-state index in [1.807, 2.05) is 0 Å². The topological polar surface area (TPSA) is 23.8 Å². The Bertz CT molecular complexity index is 326. The van der Waals surface area contributed by atoms with Gasteiger partial charge in [-0.3, -0.25) is 0 Å². The summed E-state index contributed by atoms with van der Waals surface area (Å²) in [7, 11) is 0. The van der Waals surface area contributed by atoms with Crippen molar-refractivity contribution in [1.82, 2.24) is 0 Å². The lowest BCUT2D eigenvalue weighted by molar-refractivity contribution is 0.503. The van der Waals surface area contributed by atoms with Gasteiger partial charge in [0.1, 0.15) is 6.07 Å². The molecule has 0 bridgehead atoms. The standard InChI is InChI=1S/C8H4F2N/c1-5-2-3-6(4-11)8(10)7(5)9/h2-3H,1H2. The molecule has 0 amide bonds. The normalized spacial score (nSPS) is 9.27. The van der Waals surface area contributed by atoms with Gasteiger partial charge in [-0.05, 0) is 18.6 Å². The highest BCUT2D eigenvalue weighted by Crippen LogP contribution is 2.14. The second-order valence-electron chi connectivity index (χ2n) is 2.01. The summed E-state index contributed by atoms with van der Waals surface area (Å²) >= 11 is 0. The Morgan fingerprint density at radius 2 is 1.91 bits per heavy atom.